The van der Waals surface area contributed by atoms with E-state index in [1.54, 1.807) is 0 Å². The molecule has 0 spiro atoms. The van der Waals surface area contributed by atoms with Crippen molar-refractivity contribution in [1.29, 1.82) is 10.9 Å². The maximum Gasteiger partial charge on any atom is 0.175 e. The molecular weight excluding hydrogens is 214 g/mol. The molecule has 1 aliphatic heterocycles. The SMILES string of the molecule is CCC1CCc2cc(C(=N)N=N)c(C)nc2N1. The van der Waals surface area contributed by atoms with Crippen molar-refractivity contribution in [2.75, 3.05) is 5.32 Å². The van der Waals surface area contributed by atoms with E-state index in [0.717, 1.165) is 36.3 Å². The molecule has 1 aromatic heterocycles. The highest BCUT2D eigenvalue weighted by Crippen LogP contribution is 2.26. The first-order chi connectivity index (χ1) is 8.15. The lowest BCUT2D eigenvalue weighted by Crippen LogP contribution is -2.26. The summed E-state index contributed by atoms with van der Waals surface area (Å²) < 4.78 is 0. The Morgan fingerprint density at radius 2 is 2.41 bits per heavy atom. The summed E-state index contributed by atoms with van der Waals surface area (Å²) in [5, 5.41) is 14.2. The van der Waals surface area contributed by atoms with Crippen molar-refractivity contribution in [3.63, 3.8) is 0 Å². The minimum absolute atomic E-state index is 0.0181. The van der Waals surface area contributed by atoms with Gasteiger partial charge in [-0.25, -0.2) is 10.5 Å². The molecule has 0 amide bonds. The number of rotatable bonds is 2. The van der Waals surface area contributed by atoms with Gasteiger partial charge in [-0.15, -0.1) is 5.11 Å². The second-order valence-electron chi connectivity index (χ2n) is 4.38. The van der Waals surface area contributed by atoms with Gasteiger partial charge in [-0.3, -0.25) is 5.41 Å². The fraction of sp³-hybridized carbons (Fsp3) is 0.500. The molecule has 0 aromatic carbocycles. The number of fused-ring (bicyclic) bond motifs is 1. The molecule has 1 unspecified atom stereocenters. The molecule has 0 bridgehead atoms. The van der Waals surface area contributed by atoms with Crippen molar-refractivity contribution in [1.82, 2.24) is 4.98 Å². The highest BCUT2D eigenvalue weighted by molar-refractivity contribution is 5.97. The summed E-state index contributed by atoms with van der Waals surface area (Å²) in [6, 6.07) is 2.44. The van der Waals surface area contributed by atoms with Gasteiger partial charge in [-0.2, -0.15) is 0 Å². The van der Waals surface area contributed by atoms with E-state index in [4.69, 9.17) is 10.9 Å². The van der Waals surface area contributed by atoms with Gasteiger partial charge in [-0.1, -0.05) is 6.92 Å². The first-order valence-corrected chi connectivity index (χ1v) is 5.89. The zero-order valence-corrected chi connectivity index (χ0v) is 10.2. The van der Waals surface area contributed by atoms with Crippen LogP contribution in [0.4, 0.5) is 5.82 Å². The number of pyridine rings is 1. The highest BCUT2D eigenvalue weighted by atomic mass is 15.0. The molecule has 2 rings (SSSR count). The summed E-state index contributed by atoms with van der Waals surface area (Å²) in [5.74, 6) is 0.914. The number of nitrogens with zero attached hydrogens (tertiary/aromatic N) is 2. The monoisotopic (exact) mass is 231 g/mol. The minimum Gasteiger partial charge on any atom is -0.367 e. The Balaban J connectivity index is 2.38. The van der Waals surface area contributed by atoms with Gasteiger partial charge >= 0.3 is 0 Å². The number of aromatic nitrogens is 1. The lowest BCUT2D eigenvalue weighted by Gasteiger charge is -2.26. The molecule has 0 radical (unpaired) electrons. The number of amidine groups is 1. The van der Waals surface area contributed by atoms with Crippen LogP contribution in [0, 0.1) is 17.9 Å². The third-order valence-corrected chi connectivity index (χ3v) is 3.25. The van der Waals surface area contributed by atoms with Gasteiger partial charge in [0.1, 0.15) is 5.82 Å². The van der Waals surface area contributed by atoms with Gasteiger partial charge in [-0.05, 0) is 37.8 Å². The summed E-state index contributed by atoms with van der Waals surface area (Å²) in [7, 11) is 0. The highest BCUT2D eigenvalue weighted by Gasteiger charge is 2.19. The predicted molar refractivity (Wildman–Crippen MR) is 67.0 cm³/mol. The fourth-order valence-corrected chi connectivity index (χ4v) is 2.16. The minimum atomic E-state index is -0.0181. The Morgan fingerprint density at radius 3 is 3.06 bits per heavy atom. The average Bonchev–Trinajstić information content (AvgIpc) is 2.36. The van der Waals surface area contributed by atoms with Crippen LogP contribution >= 0.6 is 0 Å². The first-order valence-electron chi connectivity index (χ1n) is 5.89. The molecule has 0 saturated carbocycles. The summed E-state index contributed by atoms with van der Waals surface area (Å²) in [6.45, 7) is 4.02. The Bertz CT molecular complexity index is 466. The molecule has 2 heterocycles. The van der Waals surface area contributed by atoms with Crippen LogP contribution in [0.1, 0.15) is 36.6 Å². The maximum atomic E-state index is 7.60. The predicted octanol–water partition coefficient (Wildman–Crippen LogP) is 2.88. The molecule has 0 aliphatic carbocycles. The van der Waals surface area contributed by atoms with E-state index in [9.17, 15) is 0 Å². The van der Waals surface area contributed by atoms with Crippen molar-refractivity contribution in [2.24, 2.45) is 5.11 Å². The number of hydrogen-bond acceptors (Lipinski definition) is 4. The van der Waals surface area contributed by atoms with Crippen LogP contribution in [0.2, 0.25) is 0 Å². The fourth-order valence-electron chi connectivity index (χ4n) is 2.16. The Hall–Kier alpha value is -1.78. The molecule has 5 nitrogen and oxygen atoms in total. The Morgan fingerprint density at radius 1 is 1.65 bits per heavy atom. The normalized spacial score (nSPS) is 18.1. The van der Waals surface area contributed by atoms with Crippen LogP contribution in [0.5, 0.6) is 0 Å². The summed E-state index contributed by atoms with van der Waals surface area (Å²) >= 11 is 0. The second-order valence-corrected chi connectivity index (χ2v) is 4.38. The largest absolute Gasteiger partial charge is 0.367 e. The van der Waals surface area contributed by atoms with E-state index in [2.05, 4.69) is 22.3 Å². The summed E-state index contributed by atoms with van der Waals surface area (Å²) in [5.41, 5.74) is 9.45. The van der Waals surface area contributed by atoms with Crippen LogP contribution in [0.3, 0.4) is 0 Å². The lowest BCUT2D eigenvalue weighted by atomic mass is 9.97. The first kappa shape index (κ1) is 11.7. The summed E-state index contributed by atoms with van der Waals surface area (Å²) in [6.07, 6.45) is 3.17. The third-order valence-electron chi connectivity index (χ3n) is 3.25. The van der Waals surface area contributed by atoms with Crippen LogP contribution in [0.15, 0.2) is 11.2 Å². The molecule has 5 heteroatoms. The van der Waals surface area contributed by atoms with Crippen molar-refractivity contribution < 1.29 is 0 Å². The van der Waals surface area contributed by atoms with Gasteiger partial charge in [0, 0.05) is 11.6 Å². The van der Waals surface area contributed by atoms with E-state index in [0.29, 0.717) is 11.6 Å². The van der Waals surface area contributed by atoms with Gasteiger partial charge in [0.05, 0.1) is 5.69 Å². The molecule has 90 valence electrons. The number of hydrogen-bond donors (Lipinski definition) is 3. The molecule has 1 atom stereocenters. The molecule has 0 fully saturated rings. The average molecular weight is 231 g/mol. The van der Waals surface area contributed by atoms with Crippen molar-refractivity contribution in [2.45, 2.75) is 39.2 Å². The van der Waals surface area contributed by atoms with Crippen LogP contribution in [-0.4, -0.2) is 16.9 Å². The van der Waals surface area contributed by atoms with Crippen LogP contribution in [-0.2, 0) is 6.42 Å². The smallest absolute Gasteiger partial charge is 0.175 e. The van der Waals surface area contributed by atoms with E-state index in [-0.39, 0.29) is 5.84 Å². The molecule has 17 heavy (non-hydrogen) atoms. The number of aryl methyl sites for hydroxylation is 2. The number of anilines is 1. The maximum absolute atomic E-state index is 7.60. The zero-order valence-electron chi connectivity index (χ0n) is 10.2. The number of nitrogens with one attached hydrogen (secondary N) is 3. The molecule has 3 N–H and O–H groups in total. The van der Waals surface area contributed by atoms with E-state index >= 15 is 0 Å². The van der Waals surface area contributed by atoms with Gasteiger partial charge in [0.25, 0.3) is 0 Å². The van der Waals surface area contributed by atoms with E-state index < -0.39 is 0 Å². The third kappa shape index (κ3) is 2.18. The van der Waals surface area contributed by atoms with E-state index in [1.807, 2.05) is 13.0 Å². The lowest BCUT2D eigenvalue weighted by molar-refractivity contribution is 0.608. The van der Waals surface area contributed by atoms with E-state index in [1.165, 1.54) is 0 Å². The van der Waals surface area contributed by atoms with Crippen LogP contribution < -0.4 is 5.32 Å². The van der Waals surface area contributed by atoms with Gasteiger partial charge in [0.15, 0.2) is 5.84 Å². The topological polar surface area (TPSA) is 85.0 Å². The van der Waals surface area contributed by atoms with Crippen molar-refractivity contribution in [3.8, 4) is 0 Å². The summed E-state index contributed by atoms with van der Waals surface area (Å²) in [4.78, 5) is 4.49. The Kier molecular flexibility index (Phi) is 3.17. The van der Waals surface area contributed by atoms with Crippen LogP contribution in [0.25, 0.3) is 0 Å². The molecular formula is C12H17N5. The molecule has 1 aromatic rings. The quantitative estimate of drug-likeness (QED) is 0.415. The van der Waals surface area contributed by atoms with Crippen molar-refractivity contribution in [3.05, 3.63) is 22.9 Å². The zero-order chi connectivity index (χ0) is 12.4. The van der Waals surface area contributed by atoms with Gasteiger partial charge < -0.3 is 5.32 Å². The molecule has 0 saturated heterocycles. The van der Waals surface area contributed by atoms with Crippen molar-refractivity contribution >= 4 is 11.7 Å². The Labute approximate surface area is 101 Å². The molecule has 1 aliphatic rings. The second kappa shape index (κ2) is 4.61. The van der Waals surface area contributed by atoms with Gasteiger partial charge in [0.2, 0.25) is 0 Å². The standard InChI is InChI=1S/C12H17N5/c1-3-9-5-4-8-6-10(11(13)17-14)7(2)15-12(8)16-9/h6,9,13-14H,3-5H2,1-2H3,(H,15,16).